The lowest BCUT2D eigenvalue weighted by molar-refractivity contribution is -0.132. The molecule has 0 atom stereocenters. The second-order valence-corrected chi connectivity index (χ2v) is 11.5. The maximum Gasteiger partial charge on any atom is 0.244 e. The fourth-order valence-electron chi connectivity index (χ4n) is 4.28. The van der Waals surface area contributed by atoms with E-state index in [1.54, 1.807) is 40.5 Å². The second-order valence-electron chi connectivity index (χ2n) is 8.58. The van der Waals surface area contributed by atoms with Gasteiger partial charge < -0.3 is 14.4 Å². The van der Waals surface area contributed by atoms with Gasteiger partial charge in [-0.2, -0.15) is 4.31 Å². The van der Waals surface area contributed by atoms with Gasteiger partial charge in [0.05, 0.1) is 18.0 Å². The highest BCUT2D eigenvalue weighted by Gasteiger charge is 2.29. The molecule has 0 spiro atoms. The fourth-order valence-corrected chi connectivity index (χ4v) is 6.58. The molecule has 0 unspecified atom stereocenters. The van der Waals surface area contributed by atoms with Gasteiger partial charge in [-0.1, -0.05) is 54.6 Å². The Morgan fingerprint density at radius 2 is 1.78 bits per heavy atom. The van der Waals surface area contributed by atoms with Crippen molar-refractivity contribution in [2.24, 2.45) is 0 Å². The molecule has 0 saturated heterocycles. The zero-order chi connectivity index (χ0) is 25.8. The van der Waals surface area contributed by atoms with Crippen LogP contribution in [-0.2, 0) is 27.9 Å². The van der Waals surface area contributed by atoms with Crippen LogP contribution in [0, 0.1) is 0 Å². The van der Waals surface area contributed by atoms with Gasteiger partial charge in [0.2, 0.25) is 22.7 Å². The van der Waals surface area contributed by atoms with Gasteiger partial charge in [0.15, 0.2) is 11.5 Å². The Bertz CT molecular complexity index is 1530. The smallest absolute Gasteiger partial charge is 0.244 e. The number of carbonyl (C=O) groups is 1. The summed E-state index contributed by atoms with van der Waals surface area (Å²) in [4.78, 5) is 16.5. The lowest BCUT2D eigenvalue weighted by atomic mass is 10.1. The van der Waals surface area contributed by atoms with Crippen LogP contribution in [-0.4, -0.2) is 43.4 Å². The van der Waals surface area contributed by atoms with Crippen molar-refractivity contribution < 1.29 is 22.7 Å². The molecule has 0 N–H and O–H groups in total. The number of benzene rings is 3. The first-order valence-electron chi connectivity index (χ1n) is 11.7. The highest BCUT2D eigenvalue weighted by atomic mass is 32.2. The van der Waals surface area contributed by atoms with E-state index in [4.69, 9.17) is 9.47 Å². The van der Waals surface area contributed by atoms with Crippen molar-refractivity contribution in [3.63, 3.8) is 0 Å². The average Bonchev–Trinajstić information content (AvgIpc) is 3.59. The standard InChI is InChI=1S/C28H26N2O5S2/c1-2-14-30(37(32,33)27-11-5-8-22-7-3-4-10-24(22)27)19-28(31)29(18-23-9-6-15-36-23)17-21-12-13-25-26(16-21)35-20-34-25/h2-13,15-16H,1,14,17-20H2. The van der Waals surface area contributed by atoms with E-state index in [-0.39, 0.29) is 30.7 Å². The summed E-state index contributed by atoms with van der Waals surface area (Å²) in [5.74, 6) is 0.989. The predicted octanol–water partition coefficient (Wildman–Crippen LogP) is 5.04. The Labute approximate surface area is 220 Å². The number of hydrogen-bond acceptors (Lipinski definition) is 6. The molecule has 5 rings (SSSR count). The molecule has 0 saturated carbocycles. The number of rotatable bonds is 10. The van der Waals surface area contributed by atoms with Gasteiger partial charge in [-0.05, 0) is 40.6 Å². The zero-order valence-electron chi connectivity index (χ0n) is 20.1. The minimum atomic E-state index is -3.98. The zero-order valence-corrected chi connectivity index (χ0v) is 21.7. The van der Waals surface area contributed by atoms with Crippen LogP contribution in [0.25, 0.3) is 10.8 Å². The van der Waals surface area contributed by atoms with Crippen LogP contribution in [0.5, 0.6) is 11.5 Å². The molecule has 4 aromatic rings. The maximum absolute atomic E-state index is 13.8. The number of nitrogens with zero attached hydrogens (tertiary/aromatic N) is 2. The van der Waals surface area contributed by atoms with Gasteiger partial charge in [-0.25, -0.2) is 8.42 Å². The molecule has 2 heterocycles. The number of ether oxygens (including phenoxy) is 2. The topological polar surface area (TPSA) is 76.2 Å². The Balaban J connectivity index is 1.43. The van der Waals surface area contributed by atoms with E-state index in [0.717, 1.165) is 15.8 Å². The minimum absolute atomic E-state index is 0.00810. The van der Waals surface area contributed by atoms with Crippen molar-refractivity contribution in [3.05, 3.63) is 101 Å². The van der Waals surface area contributed by atoms with Gasteiger partial charge in [0, 0.05) is 23.4 Å². The number of hydrogen-bond donors (Lipinski definition) is 0. The normalized spacial score (nSPS) is 12.7. The van der Waals surface area contributed by atoms with Crippen LogP contribution in [0.15, 0.2) is 95.7 Å². The van der Waals surface area contributed by atoms with Crippen LogP contribution in [0.4, 0.5) is 0 Å². The number of sulfonamides is 1. The molecule has 1 aromatic heterocycles. The van der Waals surface area contributed by atoms with Crippen molar-refractivity contribution in [1.29, 1.82) is 0 Å². The third-order valence-corrected chi connectivity index (χ3v) is 8.83. The molecule has 0 radical (unpaired) electrons. The van der Waals surface area contributed by atoms with Crippen molar-refractivity contribution in [3.8, 4) is 11.5 Å². The number of fused-ring (bicyclic) bond motifs is 2. The molecule has 0 fully saturated rings. The van der Waals surface area contributed by atoms with Crippen molar-refractivity contribution in [2.75, 3.05) is 19.9 Å². The van der Waals surface area contributed by atoms with E-state index in [0.29, 0.717) is 30.0 Å². The van der Waals surface area contributed by atoms with E-state index in [2.05, 4.69) is 6.58 Å². The van der Waals surface area contributed by atoms with Gasteiger partial charge in [-0.3, -0.25) is 4.79 Å². The lowest BCUT2D eigenvalue weighted by Crippen LogP contribution is -2.42. The first-order chi connectivity index (χ1) is 18.0. The third-order valence-electron chi connectivity index (χ3n) is 6.10. The maximum atomic E-state index is 13.8. The fraction of sp³-hybridized carbons (Fsp3) is 0.179. The SMILES string of the molecule is C=CCN(CC(=O)N(Cc1ccc2c(c1)OCO2)Cc1cccs1)S(=O)(=O)c1cccc2ccccc12. The first kappa shape index (κ1) is 25.0. The van der Waals surface area contributed by atoms with Gasteiger partial charge >= 0.3 is 0 Å². The van der Waals surface area contributed by atoms with E-state index in [1.807, 2.05) is 53.9 Å². The summed E-state index contributed by atoms with van der Waals surface area (Å²) in [5.41, 5.74) is 0.862. The number of amides is 1. The summed E-state index contributed by atoms with van der Waals surface area (Å²) in [5, 5.41) is 3.38. The highest BCUT2D eigenvalue weighted by Crippen LogP contribution is 2.33. The summed E-state index contributed by atoms with van der Waals surface area (Å²) < 4.78 is 39.6. The lowest BCUT2D eigenvalue weighted by Gasteiger charge is -2.27. The monoisotopic (exact) mass is 534 g/mol. The Hall–Kier alpha value is -3.66. The third kappa shape index (κ3) is 5.39. The molecule has 9 heteroatoms. The number of carbonyl (C=O) groups excluding carboxylic acids is 1. The van der Waals surface area contributed by atoms with Crippen molar-refractivity contribution in [2.45, 2.75) is 18.0 Å². The number of thiophene rings is 1. The average molecular weight is 535 g/mol. The summed E-state index contributed by atoms with van der Waals surface area (Å²) in [6, 6.07) is 21.9. The molecule has 190 valence electrons. The van der Waals surface area contributed by atoms with Crippen molar-refractivity contribution in [1.82, 2.24) is 9.21 Å². The summed E-state index contributed by atoms with van der Waals surface area (Å²) in [6.07, 6.45) is 1.50. The largest absolute Gasteiger partial charge is 0.454 e. The van der Waals surface area contributed by atoms with E-state index in [9.17, 15) is 13.2 Å². The summed E-state index contributed by atoms with van der Waals surface area (Å²) >= 11 is 1.55. The predicted molar refractivity (Wildman–Crippen MR) is 144 cm³/mol. The van der Waals surface area contributed by atoms with Crippen LogP contribution in [0.3, 0.4) is 0 Å². The second kappa shape index (κ2) is 10.8. The van der Waals surface area contributed by atoms with Crippen LogP contribution in [0.2, 0.25) is 0 Å². The van der Waals surface area contributed by atoms with Crippen LogP contribution < -0.4 is 9.47 Å². The van der Waals surface area contributed by atoms with Crippen LogP contribution in [0.1, 0.15) is 10.4 Å². The Morgan fingerprint density at radius 3 is 2.59 bits per heavy atom. The van der Waals surface area contributed by atoms with Crippen LogP contribution >= 0.6 is 11.3 Å². The first-order valence-corrected chi connectivity index (χ1v) is 14.0. The van der Waals surface area contributed by atoms with Gasteiger partial charge in [-0.15, -0.1) is 17.9 Å². The molecule has 7 nitrogen and oxygen atoms in total. The quantitative estimate of drug-likeness (QED) is 0.267. The minimum Gasteiger partial charge on any atom is -0.454 e. The Kier molecular flexibility index (Phi) is 7.27. The molecule has 1 aliphatic heterocycles. The molecule has 37 heavy (non-hydrogen) atoms. The Morgan fingerprint density at radius 1 is 0.973 bits per heavy atom. The molecule has 3 aromatic carbocycles. The highest BCUT2D eigenvalue weighted by molar-refractivity contribution is 7.89. The van der Waals surface area contributed by atoms with Crippen molar-refractivity contribution >= 4 is 38.0 Å². The molecule has 1 aliphatic rings. The van der Waals surface area contributed by atoms with Gasteiger partial charge in [0.25, 0.3) is 0 Å². The van der Waals surface area contributed by atoms with E-state index in [1.165, 1.54) is 10.4 Å². The molecular formula is C28H26N2O5S2. The summed E-state index contributed by atoms with van der Waals surface area (Å²) in [6.45, 7) is 4.25. The van der Waals surface area contributed by atoms with Gasteiger partial charge in [0.1, 0.15) is 0 Å². The molecular weight excluding hydrogens is 508 g/mol. The molecule has 1 amide bonds. The molecule has 0 bridgehead atoms. The molecule has 0 aliphatic carbocycles. The van der Waals surface area contributed by atoms with E-state index >= 15 is 0 Å². The van der Waals surface area contributed by atoms with E-state index < -0.39 is 10.0 Å². The summed E-state index contributed by atoms with van der Waals surface area (Å²) in [7, 11) is -3.98.